The summed E-state index contributed by atoms with van der Waals surface area (Å²) in [6.45, 7) is 5.93. The molecule has 1 aromatic rings. The molecule has 1 unspecified atom stereocenters. The van der Waals surface area contributed by atoms with Gasteiger partial charge in [0.15, 0.2) is 0 Å². The van der Waals surface area contributed by atoms with Gasteiger partial charge in [0, 0.05) is 24.9 Å². The van der Waals surface area contributed by atoms with Crippen LogP contribution in [-0.4, -0.2) is 34.5 Å². The lowest BCUT2D eigenvalue weighted by Crippen LogP contribution is -2.46. The summed E-state index contributed by atoms with van der Waals surface area (Å²) in [7, 11) is 0. The molecule has 3 heteroatoms. The molecular formula is C13H19N3. The Labute approximate surface area is 96.9 Å². The summed E-state index contributed by atoms with van der Waals surface area (Å²) in [6.07, 6.45) is 7.56. The first-order valence-corrected chi connectivity index (χ1v) is 6.40. The van der Waals surface area contributed by atoms with Crippen LogP contribution < -0.4 is 0 Å². The van der Waals surface area contributed by atoms with E-state index in [1.54, 1.807) is 0 Å². The van der Waals surface area contributed by atoms with E-state index < -0.39 is 0 Å². The van der Waals surface area contributed by atoms with E-state index in [0.717, 1.165) is 18.0 Å². The van der Waals surface area contributed by atoms with Gasteiger partial charge in [-0.05, 0) is 38.3 Å². The van der Waals surface area contributed by atoms with Crippen LogP contribution >= 0.6 is 0 Å². The first-order chi connectivity index (χ1) is 7.86. The molecular weight excluding hydrogens is 198 g/mol. The van der Waals surface area contributed by atoms with Crippen molar-refractivity contribution in [3.63, 3.8) is 0 Å². The Hall–Kier alpha value is -0.960. The van der Waals surface area contributed by atoms with E-state index in [1.165, 1.54) is 38.2 Å². The molecule has 0 spiro atoms. The Balaban J connectivity index is 1.86. The molecule has 0 amide bonds. The van der Waals surface area contributed by atoms with Gasteiger partial charge in [-0.15, -0.1) is 0 Å². The Kier molecular flexibility index (Phi) is 2.64. The molecule has 0 aromatic carbocycles. The van der Waals surface area contributed by atoms with Gasteiger partial charge in [0.1, 0.15) is 0 Å². The monoisotopic (exact) mass is 217 g/mol. The van der Waals surface area contributed by atoms with Gasteiger partial charge in [-0.2, -0.15) is 0 Å². The van der Waals surface area contributed by atoms with Crippen LogP contribution in [0, 0.1) is 5.92 Å². The van der Waals surface area contributed by atoms with Crippen LogP contribution in [0.2, 0.25) is 0 Å². The third-order valence-electron chi connectivity index (χ3n) is 4.10. The smallest absolute Gasteiger partial charge is 0.0636 e. The van der Waals surface area contributed by atoms with Crippen molar-refractivity contribution in [1.82, 2.24) is 14.9 Å². The maximum Gasteiger partial charge on any atom is 0.0636 e. The second kappa shape index (κ2) is 4.13. The number of rotatable bonds is 2. The minimum absolute atomic E-state index is 0.640. The van der Waals surface area contributed by atoms with Gasteiger partial charge in [-0.1, -0.05) is 6.92 Å². The lowest BCUT2D eigenvalue weighted by molar-refractivity contribution is 0.0852. The van der Waals surface area contributed by atoms with E-state index in [-0.39, 0.29) is 0 Å². The molecule has 3 saturated heterocycles. The molecule has 0 aliphatic carbocycles. The third kappa shape index (κ3) is 1.73. The van der Waals surface area contributed by atoms with Crippen LogP contribution in [-0.2, 0) is 6.42 Å². The molecule has 0 radical (unpaired) electrons. The third-order valence-corrected chi connectivity index (χ3v) is 4.10. The van der Waals surface area contributed by atoms with Crippen molar-refractivity contribution in [3.05, 3.63) is 23.8 Å². The number of hydrogen-bond acceptors (Lipinski definition) is 3. The summed E-state index contributed by atoms with van der Waals surface area (Å²) >= 11 is 0. The first kappa shape index (κ1) is 10.2. The van der Waals surface area contributed by atoms with Gasteiger partial charge in [-0.3, -0.25) is 9.97 Å². The summed E-state index contributed by atoms with van der Waals surface area (Å²) < 4.78 is 0. The lowest BCUT2D eigenvalue weighted by atomic mass is 9.77. The fourth-order valence-corrected chi connectivity index (χ4v) is 3.07. The van der Waals surface area contributed by atoms with Crippen LogP contribution in [0.4, 0.5) is 0 Å². The van der Waals surface area contributed by atoms with Crippen LogP contribution in [0.5, 0.6) is 0 Å². The predicted molar refractivity (Wildman–Crippen MR) is 63.3 cm³/mol. The van der Waals surface area contributed by atoms with Crippen LogP contribution in [0.1, 0.15) is 37.1 Å². The molecule has 2 bridgehead atoms. The molecule has 1 atom stereocenters. The minimum atomic E-state index is 0.640. The fraction of sp³-hybridized carbons (Fsp3) is 0.692. The summed E-state index contributed by atoms with van der Waals surface area (Å²) in [6, 6.07) is 0. The van der Waals surface area contributed by atoms with Crippen molar-refractivity contribution in [2.45, 2.75) is 32.1 Å². The van der Waals surface area contributed by atoms with Gasteiger partial charge < -0.3 is 4.90 Å². The van der Waals surface area contributed by atoms with Crippen molar-refractivity contribution in [3.8, 4) is 0 Å². The second-order valence-corrected chi connectivity index (χ2v) is 5.03. The molecule has 3 aliphatic heterocycles. The van der Waals surface area contributed by atoms with Gasteiger partial charge in [-0.25, -0.2) is 0 Å². The number of aromatic nitrogens is 2. The molecule has 4 heterocycles. The average Bonchev–Trinajstić information content (AvgIpc) is 2.40. The van der Waals surface area contributed by atoms with E-state index in [0.29, 0.717) is 5.92 Å². The van der Waals surface area contributed by atoms with Crippen LogP contribution in [0.25, 0.3) is 0 Å². The second-order valence-electron chi connectivity index (χ2n) is 5.03. The van der Waals surface area contributed by atoms with Crippen molar-refractivity contribution in [2.24, 2.45) is 5.92 Å². The van der Waals surface area contributed by atoms with Crippen LogP contribution in [0.15, 0.2) is 12.4 Å². The maximum atomic E-state index is 4.74. The van der Waals surface area contributed by atoms with Crippen molar-refractivity contribution in [1.29, 1.82) is 0 Å². The summed E-state index contributed by atoms with van der Waals surface area (Å²) in [5, 5.41) is 0. The van der Waals surface area contributed by atoms with Crippen molar-refractivity contribution in [2.75, 3.05) is 19.6 Å². The zero-order valence-electron chi connectivity index (χ0n) is 9.89. The minimum Gasteiger partial charge on any atom is -0.303 e. The lowest BCUT2D eigenvalue weighted by Gasteiger charge is -2.44. The SMILES string of the molecule is CCc1cncc(C2CN3CCC2CC3)n1. The zero-order chi connectivity index (χ0) is 11.0. The predicted octanol–water partition coefficient (Wildman–Crippen LogP) is 1.85. The largest absolute Gasteiger partial charge is 0.303 e. The number of aryl methyl sites for hydroxylation is 1. The van der Waals surface area contributed by atoms with Gasteiger partial charge >= 0.3 is 0 Å². The normalized spacial score (nSPS) is 32.9. The standard InChI is InChI=1S/C13H19N3/c1-2-11-7-14-8-13(15-11)12-9-16-5-3-10(12)4-6-16/h7-8,10,12H,2-6,9H2,1H3. The molecule has 4 rings (SSSR count). The maximum absolute atomic E-state index is 4.74. The van der Waals surface area contributed by atoms with Crippen LogP contribution in [0.3, 0.4) is 0 Å². The van der Waals surface area contributed by atoms with Gasteiger partial charge in [0.2, 0.25) is 0 Å². The molecule has 3 nitrogen and oxygen atoms in total. The molecule has 0 N–H and O–H groups in total. The Morgan fingerprint density at radius 1 is 1.31 bits per heavy atom. The molecule has 86 valence electrons. The number of hydrogen-bond donors (Lipinski definition) is 0. The average molecular weight is 217 g/mol. The first-order valence-electron chi connectivity index (χ1n) is 6.40. The Bertz CT molecular complexity index is 369. The number of piperidine rings is 3. The van der Waals surface area contributed by atoms with Gasteiger partial charge in [0.25, 0.3) is 0 Å². The number of fused-ring (bicyclic) bond motifs is 3. The van der Waals surface area contributed by atoms with E-state index in [4.69, 9.17) is 4.98 Å². The topological polar surface area (TPSA) is 29.0 Å². The Morgan fingerprint density at radius 3 is 2.75 bits per heavy atom. The molecule has 3 aliphatic rings. The van der Waals surface area contributed by atoms with Crippen molar-refractivity contribution < 1.29 is 0 Å². The highest BCUT2D eigenvalue weighted by molar-refractivity contribution is 5.13. The summed E-state index contributed by atoms with van der Waals surface area (Å²) in [5.74, 6) is 1.49. The van der Waals surface area contributed by atoms with Crippen molar-refractivity contribution >= 4 is 0 Å². The number of nitrogens with zero attached hydrogens (tertiary/aromatic N) is 3. The quantitative estimate of drug-likeness (QED) is 0.757. The zero-order valence-corrected chi connectivity index (χ0v) is 9.89. The molecule has 3 fully saturated rings. The fourth-order valence-electron chi connectivity index (χ4n) is 3.07. The van der Waals surface area contributed by atoms with E-state index in [1.807, 2.05) is 12.4 Å². The Morgan fingerprint density at radius 2 is 2.12 bits per heavy atom. The van der Waals surface area contributed by atoms with E-state index in [2.05, 4.69) is 16.8 Å². The highest BCUT2D eigenvalue weighted by atomic mass is 15.1. The molecule has 1 aromatic heterocycles. The van der Waals surface area contributed by atoms with E-state index in [9.17, 15) is 0 Å². The highest BCUT2D eigenvalue weighted by Gasteiger charge is 2.35. The molecule has 16 heavy (non-hydrogen) atoms. The summed E-state index contributed by atoms with van der Waals surface area (Å²) in [4.78, 5) is 11.7. The molecule has 0 saturated carbocycles. The highest BCUT2D eigenvalue weighted by Crippen LogP contribution is 2.37. The summed E-state index contributed by atoms with van der Waals surface area (Å²) in [5.41, 5.74) is 2.36. The van der Waals surface area contributed by atoms with E-state index >= 15 is 0 Å². The van der Waals surface area contributed by atoms with Gasteiger partial charge in [0.05, 0.1) is 11.4 Å².